The summed E-state index contributed by atoms with van der Waals surface area (Å²) in [6.07, 6.45) is 0. The molecule has 2 aromatic carbocycles. The van der Waals surface area contributed by atoms with E-state index in [1.165, 1.54) is 11.1 Å². The van der Waals surface area contributed by atoms with Crippen LogP contribution in [0.5, 0.6) is 0 Å². The molecule has 0 unspecified atom stereocenters. The second-order valence-electron chi connectivity index (χ2n) is 4.86. The summed E-state index contributed by atoms with van der Waals surface area (Å²) in [5.74, 6) is 0.655. The number of tetrazole rings is 1. The van der Waals surface area contributed by atoms with E-state index in [2.05, 4.69) is 45.0 Å². The topological polar surface area (TPSA) is 55.6 Å². The highest BCUT2D eigenvalue weighted by Crippen LogP contribution is 2.12. The van der Waals surface area contributed by atoms with Crippen molar-refractivity contribution in [2.75, 3.05) is 7.05 Å². The zero-order valence-electron chi connectivity index (χ0n) is 11.9. The van der Waals surface area contributed by atoms with Crippen LogP contribution in [0.25, 0.3) is 11.4 Å². The molecule has 0 atom stereocenters. The molecule has 0 amide bonds. The van der Waals surface area contributed by atoms with Crippen LogP contribution in [0.4, 0.5) is 0 Å². The van der Waals surface area contributed by atoms with E-state index in [9.17, 15) is 0 Å². The normalized spacial score (nSPS) is 10.7. The van der Waals surface area contributed by atoms with E-state index in [0.29, 0.717) is 12.4 Å². The van der Waals surface area contributed by atoms with Gasteiger partial charge in [-0.3, -0.25) is 0 Å². The third-order valence-corrected chi connectivity index (χ3v) is 3.18. The van der Waals surface area contributed by atoms with E-state index in [-0.39, 0.29) is 0 Å². The Labute approximate surface area is 123 Å². The van der Waals surface area contributed by atoms with Crippen LogP contribution in [0.3, 0.4) is 0 Å². The van der Waals surface area contributed by atoms with Crippen LogP contribution in [0, 0.1) is 0 Å². The van der Waals surface area contributed by atoms with E-state index in [4.69, 9.17) is 0 Å². The summed E-state index contributed by atoms with van der Waals surface area (Å²) in [6, 6.07) is 18.3. The lowest BCUT2D eigenvalue weighted by Gasteiger charge is -2.04. The van der Waals surface area contributed by atoms with Crippen molar-refractivity contribution in [3.8, 4) is 11.4 Å². The SMILES string of the molecule is CNCc1cccc(Cn2nnc(-c3ccccc3)n2)c1. The second kappa shape index (κ2) is 6.28. The van der Waals surface area contributed by atoms with Crippen molar-refractivity contribution in [3.05, 3.63) is 65.7 Å². The third-order valence-electron chi connectivity index (χ3n) is 3.18. The molecule has 5 nitrogen and oxygen atoms in total. The van der Waals surface area contributed by atoms with Crippen molar-refractivity contribution in [3.63, 3.8) is 0 Å². The average Bonchev–Trinajstić information content (AvgIpc) is 2.97. The van der Waals surface area contributed by atoms with Gasteiger partial charge in [0, 0.05) is 12.1 Å². The first kappa shape index (κ1) is 13.5. The number of rotatable bonds is 5. The molecule has 0 radical (unpaired) electrons. The van der Waals surface area contributed by atoms with Gasteiger partial charge in [-0.1, -0.05) is 54.6 Å². The van der Waals surface area contributed by atoms with Gasteiger partial charge in [-0.2, -0.15) is 4.80 Å². The molecule has 0 bridgehead atoms. The summed E-state index contributed by atoms with van der Waals surface area (Å²) in [6.45, 7) is 1.48. The van der Waals surface area contributed by atoms with Crippen LogP contribution in [0.1, 0.15) is 11.1 Å². The van der Waals surface area contributed by atoms with Crippen LogP contribution in [0.2, 0.25) is 0 Å². The van der Waals surface area contributed by atoms with E-state index in [1.54, 1.807) is 4.80 Å². The number of hydrogen-bond donors (Lipinski definition) is 1. The predicted octanol–water partition coefficient (Wildman–Crippen LogP) is 2.11. The summed E-state index contributed by atoms with van der Waals surface area (Å²) in [4.78, 5) is 1.63. The summed E-state index contributed by atoms with van der Waals surface area (Å²) in [7, 11) is 1.94. The molecule has 0 aliphatic carbocycles. The van der Waals surface area contributed by atoms with Gasteiger partial charge >= 0.3 is 0 Å². The van der Waals surface area contributed by atoms with E-state index < -0.39 is 0 Å². The van der Waals surface area contributed by atoms with Gasteiger partial charge < -0.3 is 5.32 Å². The summed E-state index contributed by atoms with van der Waals surface area (Å²) < 4.78 is 0. The molecule has 21 heavy (non-hydrogen) atoms. The highest BCUT2D eigenvalue weighted by atomic mass is 15.6. The lowest BCUT2D eigenvalue weighted by atomic mass is 10.1. The third kappa shape index (κ3) is 3.32. The first-order valence-corrected chi connectivity index (χ1v) is 6.91. The fourth-order valence-electron chi connectivity index (χ4n) is 2.22. The van der Waals surface area contributed by atoms with Crippen molar-refractivity contribution >= 4 is 0 Å². The van der Waals surface area contributed by atoms with Crippen molar-refractivity contribution in [1.29, 1.82) is 0 Å². The molecule has 1 aromatic heterocycles. The number of nitrogens with one attached hydrogen (secondary N) is 1. The minimum Gasteiger partial charge on any atom is -0.316 e. The Morgan fingerprint density at radius 2 is 1.81 bits per heavy atom. The first-order chi connectivity index (χ1) is 10.3. The predicted molar refractivity (Wildman–Crippen MR) is 81.6 cm³/mol. The maximum Gasteiger partial charge on any atom is 0.204 e. The van der Waals surface area contributed by atoms with E-state index in [1.807, 2.05) is 37.4 Å². The lowest BCUT2D eigenvalue weighted by Crippen LogP contribution is -2.07. The van der Waals surface area contributed by atoms with Crippen LogP contribution in [0.15, 0.2) is 54.6 Å². The molecular formula is C16H17N5. The largest absolute Gasteiger partial charge is 0.316 e. The fraction of sp³-hybridized carbons (Fsp3) is 0.188. The Balaban J connectivity index is 1.77. The van der Waals surface area contributed by atoms with Crippen molar-refractivity contribution in [1.82, 2.24) is 25.5 Å². The van der Waals surface area contributed by atoms with Gasteiger partial charge in [0.1, 0.15) is 0 Å². The highest BCUT2D eigenvalue weighted by Gasteiger charge is 2.05. The molecule has 5 heteroatoms. The van der Waals surface area contributed by atoms with Crippen molar-refractivity contribution in [2.45, 2.75) is 13.1 Å². The summed E-state index contributed by atoms with van der Waals surface area (Å²) in [5, 5.41) is 15.8. The van der Waals surface area contributed by atoms with Gasteiger partial charge in [0.15, 0.2) is 0 Å². The Morgan fingerprint density at radius 3 is 2.62 bits per heavy atom. The molecule has 3 aromatic rings. The van der Waals surface area contributed by atoms with Gasteiger partial charge in [0.05, 0.1) is 6.54 Å². The van der Waals surface area contributed by atoms with Crippen molar-refractivity contribution < 1.29 is 0 Å². The lowest BCUT2D eigenvalue weighted by molar-refractivity contribution is 0.572. The highest BCUT2D eigenvalue weighted by molar-refractivity contribution is 5.52. The Hall–Kier alpha value is -2.53. The molecule has 106 valence electrons. The Kier molecular flexibility index (Phi) is 4.02. The molecule has 0 saturated carbocycles. The minimum atomic E-state index is 0.622. The van der Waals surface area contributed by atoms with E-state index in [0.717, 1.165) is 12.1 Å². The maximum atomic E-state index is 4.43. The zero-order valence-corrected chi connectivity index (χ0v) is 11.9. The second-order valence-corrected chi connectivity index (χ2v) is 4.86. The summed E-state index contributed by atoms with van der Waals surface area (Å²) in [5.41, 5.74) is 3.39. The van der Waals surface area contributed by atoms with Gasteiger partial charge in [0.2, 0.25) is 5.82 Å². The molecule has 1 heterocycles. The van der Waals surface area contributed by atoms with Crippen LogP contribution >= 0.6 is 0 Å². The zero-order chi connectivity index (χ0) is 14.5. The van der Waals surface area contributed by atoms with E-state index >= 15 is 0 Å². The van der Waals surface area contributed by atoms with Gasteiger partial charge in [-0.05, 0) is 23.4 Å². The molecule has 0 spiro atoms. The van der Waals surface area contributed by atoms with Gasteiger partial charge in [-0.15, -0.1) is 10.2 Å². The quantitative estimate of drug-likeness (QED) is 0.777. The molecular weight excluding hydrogens is 262 g/mol. The first-order valence-electron chi connectivity index (χ1n) is 6.91. The number of nitrogens with zero attached hydrogens (tertiary/aromatic N) is 4. The number of hydrogen-bond acceptors (Lipinski definition) is 4. The number of aromatic nitrogens is 4. The average molecular weight is 279 g/mol. The molecule has 0 saturated heterocycles. The van der Waals surface area contributed by atoms with Crippen LogP contribution in [-0.2, 0) is 13.1 Å². The number of benzene rings is 2. The molecule has 3 rings (SSSR count). The maximum absolute atomic E-state index is 4.43. The van der Waals surface area contributed by atoms with Crippen molar-refractivity contribution in [2.24, 2.45) is 0 Å². The molecule has 1 N–H and O–H groups in total. The Morgan fingerprint density at radius 1 is 1.00 bits per heavy atom. The molecule has 0 fully saturated rings. The summed E-state index contributed by atoms with van der Waals surface area (Å²) >= 11 is 0. The molecule has 0 aliphatic heterocycles. The monoisotopic (exact) mass is 279 g/mol. The van der Waals surface area contributed by atoms with Crippen LogP contribution in [-0.4, -0.2) is 27.3 Å². The fourth-order valence-corrected chi connectivity index (χ4v) is 2.22. The standard InChI is InChI=1S/C16H17N5/c1-17-11-13-6-5-7-14(10-13)12-21-19-16(18-20-21)15-8-3-2-4-9-15/h2-10,17H,11-12H2,1H3. The Bertz CT molecular complexity index is 705. The smallest absolute Gasteiger partial charge is 0.204 e. The van der Waals surface area contributed by atoms with Gasteiger partial charge in [0.25, 0.3) is 0 Å². The minimum absolute atomic E-state index is 0.622. The van der Waals surface area contributed by atoms with Crippen LogP contribution < -0.4 is 5.32 Å². The van der Waals surface area contributed by atoms with Gasteiger partial charge in [-0.25, -0.2) is 0 Å². The molecule has 0 aliphatic rings.